The number of alkyl halides is 2. The van der Waals surface area contributed by atoms with Crippen LogP contribution < -0.4 is 10.9 Å². The Hall–Kier alpha value is -2.79. The van der Waals surface area contributed by atoms with E-state index in [1.807, 2.05) is 18.2 Å². The molecule has 11 heteroatoms. The van der Waals surface area contributed by atoms with E-state index < -0.39 is 17.0 Å². The van der Waals surface area contributed by atoms with Crippen LogP contribution in [0.2, 0.25) is 0 Å². The van der Waals surface area contributed by atoms with Gasteiger partial charge in [0.05, 0.1) is 21.1 Å². The molecule has 0 aromatic heterocycles. The number of esters is 1. The number of nitro groups is 1. The van der Waals surface area contributed by atoms with Crippen molar-refractivity contribution in [2.24, 2.45) is 10.2 Å². The van der Waals surface area contributed by atoms with Crippen LogP contribution in [0.5, 0.6) is 0 Å². The smallest absolute Gasteiger partial charge is 0.361 e. The third-order valence-corrected chi connectivity index (χ3v) is 6.24. The zero-order valence-electron chi connectivity index (χ0n) is 14.8. The summed E-state index contributed by atoms with van der Waals surface area (Å²) >= 11 is 6.82. The number of hydrogen-bond acceptors (Lipinski definition) is 8. The van der Waals surface area contributed by atoms with E-state index in [1.165, 1.54) is 24.3 Å². The number of nitro benzene ring substituents is 1. The van der Waals surface area contributed by atoms with Gasteiger partial charge >= 0.3 is 5.97 Å². The second-order valence-corrected chi connectivity index (χ2v) is 7.67. The number of ether oxygens (including phenoxy) is 1. The molecule has 2 atom stereocenters. The van der Waals surface area contributed by atoms with E-state index in [9.17, 15) is 14.9 Å². The summed E-state index contributed by atoms with van der Waals surface area (Å²) < 4.78 is 5.42. The fourth-order valence-corrected chi connectivity index (χ4v) is 3.13. The Morgan fingerprint density at radius 2 is 1.69 bits per heavy atom. The lowest BCUT2D eigenvalue weighted by Crippen LogP contribution is -2.31. The summed E-state index contributed by atoms with van der Waals surface area (Å²) in [5.41, 5.74) is 7.15. The average molecular weight is 525 g/mol. The summed E-state index contributed by atoms with van der Waals surface area (Å²) in [4.78, 5) is 22.4. The van der Waals surface area contributed by atoms with E-state index in [-0.39, 0.29) is 16.2 Å². The summed E-state index contributed by atoms with van der Waals surface area (Å²) in [6.07, 6.45) is -0.663. The third kappa shape index (κ3) is 5.18. The maximum Gasteiger partial charge on any atom is 0.361 e. The van der Waals surface area contributed by atoms with Crippen molar-refractivity contribution in [3.8, 4) is 0 Å². The van der Waals surface area contributed by atoms with Crippen molar-refractivity contribution in [1.82, 2.24) is 0 Å². The number of cyclic esters (lactones) is 1. The molecular weight excluding hydrogens is 510 g/mol. The minimum absolute atomic E-state index is 0.0328. The molecule has 0 spiro atoms. The minimum Gasteiger partial charge on any atom is -0.450 e. The van der Waals surface area contributed by atoms with Crippen molar-refractivity contribution in [3.05, 3.63) is 64.7 Å². The van der Waals surface area contributed by atoms with Crippen molar-refractivity contribution in [1.29, 1.82) is 0 Å². The summed E-state index contributed by atoms with van der Waals surface area (Å²) in [7, 11) is 0. The van der Waals surface area contributed by atoms with Crippen molar-refractivity contribution < 1.29 is 14.5 Å². The number of para-hydroxylation sites is 1. The maximum atomic E-state index is 12.4. The molecule has 150 valence electrons. The van der Waals surface area contributed by atoms with Gasteiger partial charge in [0.25, 0.3) is 5.69 Å². The average Bonchev–Trinajstić information content (AvgIpc) is 3.06. The van der Waals surface area contributed by atoms with Gasteiger partial charge in [-0.1, -0.05) is 50.1 Å². The number of nitrogens with one attached hydrogen (secondary N) is 2. The molecule has 1 saturated heterocycles. The topological polar surface area (TPSA) is 118 Å². The lowest BCUT2D eigenvalue weighted by molar-refractivity contribution is -0.384. The summed E-state index contributed by atoms with van der Waals surface area (Å²) in [6, 6.07) is 14.9. The van der Waals surface area contributed by atoms with E-state index in [0.29, 0.717) is 22.4 Å². The molecule has 1 fully saturated rings. The van der Waals surface area contributed by atoms with Crippen LogP contribution in [0.25, 0.3) is 0 Å². The number of nitrogens with zero attached hydrogens (tertiary/aromatic N) is 3. The zero-order chi connectivity index (χ0) is 20.8. The number of rotatable bonds is 7. The maximum absolute atomic E-state index is 12.4. The molecule has 2 aromatic rings. The molecule has 9 nitrogen and oxygen atoms in total. The van der Waals surface area contributed by atoms with Crippen LogP contribution in [0.15, 0.2) is 64.8 Å². The van der Waals surface area contributed by atoms with Gasteiger partial charge in [0.1, 0.15) is 5.71 Å². The van der Waals surface area contributed by atoms with Crippen LogP contribution in [-0.4, -0.2) is 38.6 Å². The van der Waals surface area contributed by atoms with Crippen molar-refractivity contribution in [2.45, 2.75) is 10.9 Å². The quantitative estimate of drug-likeness (QED) is 0.245. The first-order chi connectivity index (χ1) is 14.0. The highest BCUT2D eigenvalue weighted by Gasteiger charge is 2.42. The summed E-state index contributed by atoms with van der Waals surface area (Å²) in [5.74, 6) is -0.604. The number of halogens is 2. The molecule has 0 aliphatic carbocycles. The van der Waals surface area contributed by atoms with E-state index in [0.717, 1.165) is 0 Å². The minimum atomic E-state index is -0.663. The normalized spacial score (nSPS) is 19.8. The monoisotopic (exact) mass is 523 g/mol. The lowest BCUT2D eigenvalue weighted by atomic mass is 10.1. The number of carbonyl (C=O) groups is 1. The number of anilines is 2. The molecule has 29 heavy (non-hydrogen) atoms. The molecule has 0 amide bonds. The van der Waals surface area contributed by atoms with E-state index in [2.05, 4.69) is 52.9 Å². The number of carbonyl (C=O) groups excluding carboxylic acids is 1. The molecule has 3 rings (SSSR count). The van der Waals surface area contributed by atoms with E-state index >= 15 is 0 Å². The highest BCUT2D eigenvalue weighted by Crippen LogP contribution is 2.22. The Labute approximate surface area is 182 Å². The largest absolute Gasteiger partial charge is 0.450 e. The Bertz CT molecular complexity index is 950. The Morgan fingerprint density at radius 1 is 1.07 bits per heavy atom. The zero-order valence-corrected chi connectivity index (χ0v) is 18.0. The first-order valence-corrected chi connectivity index (χ1v) is 10.4. The lowest BCUT2D eigenvalue weighted by Gasteiger charge is -2.14. The van der Waals surface area contributed by atoms with Crippen molar-refractivity contribution in [2.75, 3.05) is 16.2 Å². The molecule has 2 aromatic carbocycles. The highest BCUT2D eigenvalue weighted by molar-refractivity contribution is 9.12. The summed E-state index contributed by atoms with van der Waals surface area (Å²) in [6.45, 7) is 0. The first-order valence-electron chi connectivity index (χ1n) is 8.37. The van der Waals surface area contributed by atoms with Gasteiger partial charge in [-0.3, -0.25) is 21.0 Å². The molecule has 1 aliphatic rings. The predicted octanol–water partition coefficient (Wildman–Crippen LogP) is 3.91. The van der Waals surface area contributed by atoms with Gasteiger partial charge in [0.2, 0.25) is 0 Å². The molecule has 1 unspecified atom stereocenters. The van der Waals surface area contributed by atoms with Gasteiger partial charge in [0, 0.05) is 17.5 Å². The van der Waals surface area contributed by atoms with Crippen LogP contribution >= 0.6 is 31.9 Å². The van der Waals surface area contributed by atoms with Crippen LogP contribution in [0.3, 0.4) is 0 Å². The predicted molar refractivity (Wildman–Crippen MR) is 118 cm³/mol. The van der Waals surface area contributed by atoms with Gasteiger partial charge in [-0.25, -0.2) is 4.79 Å². The highest BCUT2D eigenvalue weighted by atomic mass is 79.9. The molecule has 1 aliphatic heterocycles. The standard InChI is InChI=1S/C18H15Br2N5O4/c19-10-14(20)17-15(23-22-12-6-8-13(9-7-12)25(27)28)16(18(26)29-17)24-21-11-4-2-1-3-5-11/h1-9,14,17,21-22H,10H2/b23-15+,24-16-/t14-,17?/m1/s1. The molecule has 0 saturated carbocycles. The molecule has 0 radical (unpaired) electrons. The van der Waals surface area contributed by atoms with Gasteiger partial charge < -0.3 is 4.74 Å². The second kappa shape index (κ2) is 9.61. The number of non-ortho nitro benzene ring substituents is 1. The number of hydrazone groups is 2. The Morgan fingerprint density at radius 3 is 2.31 bits per heavy atom. The van der Waals surface area contributed by atoms with E-state index in [1.54, 1.807) is 12.1 Å². The SMILES string of the molecule is O=C1OC([C@H](Br)CBr)C(=N/Nc2ccc([N+](=O)[O-])cc2)/C1=N/Nc1ccccc1. The Balaban J connectivity index is 1.86. The van der Waals surface area contributed by atoms with Gasteiger partial charge in [0.15, 0.2) is 11.8 Å². The Kier molecular flexibility index (Phi) is 6.94. The molecule has 2 N–H and O–H groups in total. The molecule has 1 heterocycles. The van der Waals surface area contributed by atoms with Crippen LogP contribution in [0, 0.1) is 10.1 Å². The fourth-order valence-electron chi connectivity index (χ4n) is 2.43. The van der Waals surface area contributed by atoms with Crippen LogP contribution in [0.1, 0.15) is 0 Å². The number of hydrogen-bond donors (Lipinski definition) is 2. The second-order valence-electron chi connectivity index (χ2n) is 5.85. The molecule has 0 bridgehead atoms. The number of benzene rings is 2. The first kappa shape index (κ1) is 20.9. The van der Waals surface area contributed by atoms with Crippen LogP contribution in [0.4, 0.5) is 17.1 Å². The van der Waals surface area contributed by atoms with Crippen molar-refractivity contribution >= 4 is 66.3 Å². The fraction of sp³-hybridized carbons (Fsp3) is 0.167. The molecular formula is C18H15Br2N5O4. The summed E-state index contributed by atoms with van der Waals surface area (Å²) in [5, 5.41) is 19.7. The van der Waals surface area contributed by atoms with Crippen molar-refractivity contribution in [3.63, 3.8) is 0 Å². The van der Waals surface area contributed by atoms with Gasteiger partial charge in [-0.05, 0) is 24.3 Å². The van der Waals surface area contributed by atoms with E-state index in [4.69, 9.17) is 4.74 Å². The third-order valence-electron chi connectivity index (χ3n) is 3.87. The van der Waals surface area contributed by atoms with Gasteiger partial charge in [-0.2, -0.15) is 10.2 Å². The van der Waals surface area contributed by atoms with Crippen LogP contribution in [-0.2, 0) is 9.53 Å². The van der Waals surface area contributed by atoms with Gasteiger partial charge in [-0.15, -0.1) is 0 Å².